The van der Waals surface area contributed by atoms with Gasteiger partial charge in [-0.25, -0.2) is 4.39 Å². The minimum Gasteiger partial charge on any atom is -0.305 e. The standard InChI is InChI=1S/C15H20FN3/c1-10-5-6-13(8-15(10)16)12(3)17-9-14-7-11(2)18-19(14)4/h5-8,12,17H,9H2,1-4H3. The Labute approximate surface area is 113 Å². The summed E-state index contributed by atoms with van der Waals surface area (Å²) in [5, 5.41) is 7.69. The zero-order valence-corrected chi connectivity index (χ0v) is 11.9. The van der Waals surface area contributed by atoms with Gasteiger partial charge in [-0.1, -0.05) is 12.1 Å². The molecule has 1 aromatic carbocycles. The van der Waals surface area contributed by atoms with E-state index in [1.807, 2.05) is 37.7 Å². The third-order valence-electron chi connectivity index (χ3n) is 3.38. The van der Waals surface area contributed by atoms with Crippen molar-refractivity contribution in [3.8, 4) is 0 Å². The van der Waals surface area contributed by atoms with Crippen LogP contribution in [0.2, 0.25) is 0 Å². The molecule has 0 aliphatic carbocycles. The molecule has 3 nitrogen and oxygen atoms in total. The summed E-state index contributed by atoms with van der Waals surface area (Å²) >= 11 is 0. The zero-order valence-electron chi connectivity index (χ0n) is 11.9. The van der Waals surface area contributed by atoms with Crippen LogP contribution in [0.25, 0.3) is 0 Å². The van der Waals surface area contributed by atoms with Gasteiger partial charge < -0.3 is 5.32 Å². The van der Waals surface area contributed by atoms with Crippen LogP contribution in [0.4, 0.5) is 4.39 Å². The summed E-state index contributed by atoms with van der Waals surface area (Å²) < 4.78 is 15.4. The second-order valence-electron chi connectivity index (χ2n) is 5.01. The second-order valence-corrected chi connectivity index (χ2v) is 5.01. The lowest BCUT2D eigenvalue weighted by atomic mass is 10.1. The molecule has 19 heavy (non-hydrogen) atoms. The number of rotatable bonds is 4. The van der Waals surface area contributed by atoms with Crippen molar-refractivity contribution < 1.29 is 4.39 Å². The van der Waals surface area contributed by atoms with Crippen molar-refractivity contribution in [1.29, 1.82) is 0 Å². The van der Waals surface area contributed by atoms with E-state index in [1.165, 1.54) is 0 Å². The molecule has 1 heterocycles. The molecule has 0 aliphatic rings. The Morgan fingerprint density at radius 2 is 2.05 bits per heavy atom. The van der Waals surface area contributed by atoms with E-state index in [9.17, 15) is 4.39 Å². The lowest BCUT2D eigenvalue weighted by Gasteiger charge is -2.15. The van der Waals surface area contributed by atoms with Crippen molar-refractivity contribution in [1.82, 2.24) is 15.1 Å². The van der Waals surface area contributed by atoms with Crippen LogP contribution in [0.3, 0.4) is 0 Å². The lowest BCUT2D eigenvalue weighted by molar-refractivity contribution is 0.541. The zero-order chi connectivity index (χ0) is 14.0. The molecule has 0 aliphatic heterocycles. The summed E-state index contributed by atoms with van der Waals surface area (Å²) in [7, 11) is 1.93. The molecular formula is C15H20FN3. The average molecular weight is 261 g/mol. The minimum atomic E-state index is -0.150. The summed E-state index contributed by atoms with van der Waals surface area (Å²) in [5.41, 5.74) is 3.77. The van der Waals surface area contributed by atoms with Gasteiger partial charge in [-0.15, -0.1) is 0 Å². The highest BCUT2D eigenvalue weighted by Gasteiger charge is 2.09. The van der Waals surface area contributed by atoms with E-state index in [-0.39, 0.29) is 11.9 Å². The van der Waals surface area contributed by atoms with Crippen LogP contribution < -0.4 is 5.32 Å². The van der Waals surface area contributed by atoms with Crippen molar-refractivity contribution in [2.45, 2.75) is 33.4 Å². The first kappa shape index (κ1) is 13.7. The Balaban J connectivity index is 2.03. The minimum absolute atomic E-state index is 0.102. The van der Waals surface area contributed by atoms with Gasteiger partial charge in [0.2, 0.25) is 0 Å². The first-order valence-electron chi connectivity index (χ1n) is 6.46. The lowest BCUT2D eigenvalue weighted by Crippen LogP contribution is -2.20. The molecule has 1 aromatic heterocycles. The smallest absolute Gasteiger partial charge is 0.126 e. The molecule has 0 bridgehead atoms. The van der Waals surface area contributed by atoms with Crippen molar-refractivity contribution in [2.24, 2.45) is 7.05 Å². The molecule has 102 valence electrons. The highest BCUT2D eigenvalue weighted by atomic mass is 19.1. The first-order valence-corrected chi connectivity index (χ1v) is 6.46. The number of hydrogen-bond donors (Lipinski definition) is 1. The first-order chi connectivity index (χ1) is 8.97. The van der Waals surface area contributed by atoms with Crippen LogP contribution in [-0.2, 0) is 13.6 Å². The molecule has 4 heteroatoms. The molecular weight excluding hydrogens is 241 g/mol. The quantitative estimate of drug-likeness (QED) is 0.916. The molecule has 1 N–H and O–H groups in total. The molecule has 1 unspecified atom stereocenters. The topological polar surface area (TPSA) is 29.9 Å². The highest BCUT2D eigenvalue weighted by molar-refractivity contribution is 5.25. The number of nitrogens with zero attached hydrogens (tertiary/aromatic N) is 2. The molecule has 0 saturated carbocycles. The third-order valence-corrected chi connectivity index (χ3v) is 3.38. The van der Waals surface area contributed by atoms with Gasteiger partial charge in [0.05, 0.1) is 11.4 Å². The van der Waals surface area contributed by atoms with Gasteiger partial charge in [-0.3, -0.25) is 4.68 Å². The maximum atomic E-state index is 13.5. The number of nitrogens with one attached hydrogen (secondary N) is 1. The number of aromatic nitrogens is 2. The van der Waals surface area contributed by atoms with Crippen LogP contribution in [0.5, 0.6) is 0 Å². The van der Waals surface area contributed by atoms with Crippen molar-refractivity contribution in [3.63, 3.8) is 0 Å². The molecule has 0 spiro atoms. The third kappa shape index (κ3) is 3.20. The Morgan fingerprint density at radius 3 is 2.63 bits per heavy atom. The highest BCUT2D eigenvalue weighted by Crippen LogP contribution is 2.16. The Hall–Kier alpha value is -1.68. The fourth-order valence-corrected chi connectivity index (χ4v) is 2.08. The molecule has 1 atom stereocenters. The van der Waals surface area contributed by atoms with Crippen LogP contribution >= 0.6 is 0 Å². The van der Waals surface area contributed by atoms with Crippen molar-refractivity contribution in [2.75, 3.05) is 0 Å². The van der Waals surface area contributed by atoms with Crippen LogP contribution in [0.1, 0.15) is 35.5 Å². The monoisotopic (exact) mass is 261 g/mol. The molecule has 0 amide bonds. The molecule has 2 rings (SSSR count). The fourth-order valence-electron chi connectivity index (χ4n) is 2.08. The van der Waals surface area contributed by atoms with Crippen molar-refractivity contribution in [3.05, 3.63) is 52.6 Å². The molecule has 2 aromatic rings. The normalized spacial score (nSPS) is 12.7. The van der Waals surface area contributed by atoms with E-state index in [4.69, 9.17) is 0 Å². The van der Waals surface area contributed by atoms with Crippen LogP contribution in [0, 0.1) is 19.7 Å². The van der Waals surface area contributed by atoms with E-state index in [1.54, 1.807) is 13.0 Å². The summed E-state index contributed by atoms with van der Waals surface area (Å²) in [6, 6.07) is 7.53. The Kier molecular flexibility index (Phi) is 4.00. The number of halogens is 1. The maximum Gasteiger partial charge on any atom is 0.126 e. The molecule has 0 saturated heterocycles. The van der Waals surface area contributed by atoms with E-state index >= 15 is 0 Å². The molecule has 0 radical (unpaired) electrons. The largest absolute Gasteiger partial charge is 0.305 e. The van der Waals surface area contributed by atoms with E-state index in [0.29, 0.717) is 12.1 Å². The Bertz CT molecular complexity index is 575. The SMILES string of the molecule is Cc1cc(CNC(C)c2ccc(C)c(F)c2)n(C)n1. The molecule has 0 fully saturated rings. The maximum absolute atomic E-state index is 13.5. The van der Waals surface area contributed by atoms with Crippen molar-refractivity contribution >= 4 is 0 Å². The number of hydrogen-bond acceptors (Lipinski definition) is 2. The number of aryl methyl sites for hydroxylation is 3. The van der Waals surface area contributed by atoms with E-state index in [2.05, 4.69) is 16.5 Å². The van der Waals surface area contributed by atoms with Crippen LogP contribution in [-0.4, -0.2) is 9.78 Å². The fraction of sp³-hybridized carbons (Fsp3) is 0.400. The van der Waals surface area contributed by atoms with Gasteiger partial charge in [0.15, 0.2) is 0 Å². The summed E-state index contributed by atoms with van der Waals surface area (Å²) in [6.45, 7) is 6.50. The van der Waals surface area contributed by atoms with Crippen LogP contribution in [0.15, 0.2) is 24.3 Å². The summed E-state index contributed by atoms with van der Waals surface area (Å²) in [4.78, 5) is 0. The van der Waals surface area contributed by atoms with Gasteiger partial charge in [-0.2, -0.15) is 5.10 Å². The van der Waals surface area contributed by atoms with Gasteiger partial charge >= 0.3 is 0 Å². The van der Waals surface area contributed by atoms with Gasteiger partial charge in [-0.05, 0) is 44.0 Å². The van der Waals surface area contributed by atoms with Gasteiger partial charge in [0.1, 0.15) is 5.82 Å². The summed E-state index contributed by atoms with van der Waals surface area (Å²) in [5.74, 6) is -0.150. The number of benzene rings is 1. The Morgan fingerprint density at radius 1 is 1.32 bits per heavy atom. The predicted molar refractivity (Wildman–Crippen MR) is 74.3 cm³/mol. The summed E-state index contributed by atoms with van der Waals surface area (Å²) in [6.07, 6.45) is 0. The van der Waals surface area contributed by atoms with Gasteiger partial charge in [0.25, 0.3) is 0 Å². The van der Waals surface area contributed by atoms with E-state index < -0.39 is 0 Å². The average Bonchev–Trinajstić information content (AvgIpc) is 2.68. The predicted octanol–water partition coefficient (Wildman–Crippen LogP) is 3.03. The van der Waals surface area contributed by atoms with Gasteiger partial charge in [0, 0.05) is 19.6 Å². The van der Waals surface area contributed by atoms with E-state index in [0.717, 1.165) is 17.0 Å². The second kappa shape index (κ2) is 5.53.